The number of methoxy groups -OCH3 is 1. The van der Waals surface area contributed by atoms with E-state index in [2.05, 4.69) is 73.3 Å². The molecule has 168 valence electrons. The van der Waals surface area contributed by atoms with Crippen LogP contribution in [0, 0.1) is 6.92 Å². The van der Waals surface area contributed by atoms with Crippen molar-refractivity contribution < 1.29 is 9.47 Å². The molecule has 0 radical (unpaired) electrons. The Balaban J connectivity index is 0.00000784. The van der Waals surface area contributed by atoms with Crippen LogP contribution in [0.3, 0.4) is 0 Å². The molecule has 1 aromatic carbocycles. The van der Waals surface area contributed by atoms with E-state index in [1.165, 1.54) is 5.56 Å². The Kier molecular flexibility index (Phi) is 15.2. The van der Waals surface area contributed by atoms with Gasteiger partial charge in [0.25, 0.3) is 0 Å². The van der Waals surface area contributed by atoms with E-state index in [1.54, 1.807) is 14.2 Å². The van der Waals surface area contributed by atoms with Crippen LogP contribution in [-0.2, 0) is 11.3 Å². The summed E-state index contributed by atoms with van der Waals surface area (Å²) in [7, 11) is 3.51. The molecule has 0 fully saturated rings. The number of aliphatic imine (C=N–C) groups is 1. The SMILES string of the molecule is CN=C(NCCN(C(C)C)C(C)C)NCc1ccc(C)cc1OCCCOC.I. The number of rotatable bonds is 12. The maximum absolute atomic E-state index is 5.96. The van der Waals surface area contributed by atoms with Gasteiger partial charge in [0.1, 0.15) is 5.75 Å². The summed E-state index contributed by atoms with van der Waals surface area (Å²) in [5, 5.41) is 6.81. The van der Waals surface area contributed by atoms with E-state index in [-0.39, 0.29) is 24.0 Å². The summed E-state index contributed by atoms with van der Waals surface area (Å²) in [6, 6.07) is 7.37. The predicted molar refractivity (Wildman–Crippen MR) is 134 cm³/mol. The van der Waals surface area contributed by atoms with Gasteiger partial charge in [0.2, 0.25) is 0 Å². The van der Waals surface area contributed by atoms with Crippen LogP contribution in [0.25, 0.3) is 0 Å². The zero-order chi connectivity index (χ0) is 20.9. The molecule has 0 aliphatic carbocycles. The second kappa shape index (κ2) is 15.7. The highest BCUT2D eigenvalue weighted by molar-refractivity contribution is 14.0. The van der Waals surface area contributed by atoms with Gasteiger partial charge in [0.15, 0.2) is 5.96 Å². The fraction of sp³-hybridized carbons (Fsp3) is 0.682. The van der Waals surface area contributed by atoms with Crippen molar-refractivity contribution in [1.29, 1.82) is 0 Å². The third kappa shape index (κ3) is 11.1. The van der Waals surface area contributed by atoms with E-state index < -0.39 is 0 Å². The summed E-state index contributed by atoms with van der Waals surface area (Å²) in [4.78, 5) is 6.81. The van der Waals surface area contributed by atoms with Crippen LogP contribution in [0.5, 0.6) is 5.75 Å². The van der Waals surface area contributed by atoms with E-state index in [0.29, 0.717) is 31.8 Å². The van der Waals surface area contributed by atoms with E-state index in [1.807, 2.05) is 0 Å². The number of benzene rings is 1. The second-order valence-electron chi connectivity index (χ2n) is 7.58. The lowest BCUT2D eigenvalue weighted by molar-refractivity contribution is 0.171. The second-order valence-corrected chi connectivity index (χ2v) is 7.58. The van der Waals surface area contributed by atoms with Gasteiger partial charge in [-0.1, -0.05) is 12.1 Å². The van der Waals surface area contributed by atoms with Crippen LogP contribution in [0.2, 0.25) is 0 Å². The molecular weight excluding hydrogens is 479 g/mol. The van der Waals surface area contributed by atoms with Gasteiger partial charge >= 0.3 is 0 Å². The topological polar surface area (TPSA) is 58.1 Å². The average Bonchev–Trinajstić information content (AvgIpc) is 2.65. The minimum Gasteiger partial charge on any atom is -0.493 e. The van der Waals surface area contributed by atoms with Gasteiger partial charge in [0, 0.05) is 64.5 Å². The minimum absolute atomic E-state index is 0. The molecule has 2 N–H and O–H groups in total. The number of hydrogen-bond donors (Lipinski definition) is 2. The number of halogens is 1. The van der Waals surface area contributed by atoms with Gasteiger partial charge in [0.05, 0.1) is 6.61 Å². The minimum atomic E-state index is 0. The van der Waals surface area contributed by atoms with Crippen molar-refractivity contribution >= 4 is 29.9 Å². The monoisotopic (exact) mass is 520 g/mol. The number of ether oxygens (including phenoxy) is 2. The Morgan fingerprint density at radius 3 is 2.38 bits per heavy atom. The van der Waals surface area contributed by atoms with Crippen molar-refractivity contribution in [3.05, 3.63) is 29.3 Å². The number of aryl methyl sites for hydroxylation is 1. The maximum atomic E-state index is 5.96. The molecule has 1 rings (SSSR count). The fourth-order valence-corrected chi connectivity index (χ4v) is 3.14. The summed E-state index contributed by atoms with van der Waals surface area (Å²) in [5.74, 6) is 1.73. The Morgan fingerprint density at radius 2 is 1.79 bits per heavy atom. The van der Waals surface area contributed by atoms with Gasteiger partial charge in [-0.05, 0) is 46.2 Å². The lowest BCUT2D eigenvalue weighted by Gasteiger charge is -2.30. The third-order valence-corrected chi connectivity index (χ3v) is 4.63. The van der Waals surface area contributed by atoms with Crippen LogP contribution >= 0.6 is 24.0 Å². The lowest BCUT2D eigenvalue weighted by atomic mass is 10.1. The lowest BCUT2D eigenvalue weighted by Crippen LogP contribution is -2.45. The molecule has 0 amide bonds. The number of hydrogen-bond acceptors (Lipinski definition) is 4. The smallest absolute Gasteiger partial charge is 0.191 e. The summed E-state index contributed by atoms with van der Waals surface area (Å²) in [6.45, 7) is 14.9. The molecule has 29 heavy (non-hydrogen) atoms. The first-order valence-electron chi connectivity index (χ1n) is 10.3. The van der Waals surface area contributed by atoms with Gasteiger partial charge in [-0.15, -0.1) is 24.0 Å². The van der Waals surface area contributed by atoms with Crippen LogP contribution in [0.1, 0.15) is 45.2 Å². The van der Waals surface area contributed by atoms with E-state index >= 15 is 0 Å². The molecule has 0 aliphatic heterocycles. The number of guanidine groups is 1. The van der Waals surface area contributed by atoms with Crippen molar-refractivity contribution in [1.82, 2.24) is 15.5 Å². The number of nitrogens with one attached hydrogen (secondary N) is 2. The van der Waals surface area contributed by atoms with Crippen molar-refractivity contribution in [3.8, 4) is 5.75 Å². The quantitative estimate of drug-likeness (QED) is 0.190. The first-order valence-corrected chi connectivity index (χ1v) is 10.3. The molecule has 0 heterocycles. The first-order chi connectivity index (χ1) is 13.4. The van der Waals surface area contributed by atoms with E-state index in [0.717, 1.165) is 36.8 Å². The molecule has 0 aliphatic rings. The molecule has 0 unspecified atom stereocenters. The van der Waals surface area contributed by atoms with Crippen molar-refractivity contribution in [2.24, 2.45) is 4.99 Å². The van der Waals surface area contributed by atoms with E-state index in [9.17, 15) is 0 Å². The predicted octanol–water partition coefficient (Wildman–Crippen LogP) is 3.81. The average molecular weight is 521 g/mol. The molecular formula is C22H41IN4O2. The first kappa shape index (κ1) is 27.9. The van der Waals surface area contributed by atoms with Crippen LogP contribution < -0.4 is 15.4 Å². The molecule has 6 nitrogen and oxygen atoms in total. The maximum Gasteiger partial charge on any atom is 0.191 e. The van der Waals surface area contributed by atoms with Gasteiger partial charge in [-0.25, -0.2) is 0 Å². The Morgan fingerprint density at radius 1 is 1.10 bits per heavy atom. The molecule has 0 bridgehead atoms. The highest BCUT2D eigenvalue weighted by Gasteiger charge is 2.13. The fourth-order valence-electron chi connectivity index (χ4n) is 3.14. The standard InChI is InChI=1S/C22H40N4O2.HI/c1-17(2)26(18(3)4)12-11-24-22(23-6)25-16-20-10-9-19(5)15-21(20)28-14-8-13-27-7;/h9-10,15,17-18H,8,11-14,16H2,1-7H3,(H2,23,24,25);1H. The highest BCUT2D eigenvalue weighted by Crippen LogP contribution is 2.20. The van der Waals surface area contributed by atoms with Crippen LogP contribution in [-0.4, -0.2) is 63.4 Å². The summed E-state index contributed by atoms with van der Waals surface area (Å²) < 4.78 is 11.1. The summed E-state index contributed by atoms with van der Waals surface area (Å²) >= 11 is 0. The molecule has 0 atom stereocenters. The van der Waals surface area contributed by atoms with Crippen molar-refractivity contribution in [2.45, 2.75) is 59.7 Å². The molecule has 0 saturated heterocycles. The molecule has 0 spiro atoms. The Labute approximate surface area is 194 Å². The zero-order valence-electron chi connectivity index (χ0n) is 19.2. The summed E-state index contributed by atoms with van der Waals surface area (Å²) in [5.41, 5.74) is 2.31. The zero-order valence-corrected chi connectivity index (χ0v) is 21.6. The molecule has 1 aromatic rings. The van der Waals surface area contributed by atoms with Crippen molar-refractivity contribution in [2.75, 3.05) is 40.5 Å². The van der Waals surface area contributed by atoms with Crippen molar-refractivity contribution in [3.63, 3.8) is 0 Å². The normalized spacial score (nSPS) is 11.7. The van der Waals surface area contributed by atoms with Crippen LogP contribution in [0.15, 0.2) is 23.2 Å². The third-order valence-electron chi connectivity index (χ3n) is 4.63. The largest absolute Gasteiger partial charge is 0.493 e. The number of nitrogens with zero attached hydrogens (tertiary/aromatic N) is 2. The Hall–Kier alpha value is -1.06. The van der Waals surface area contributed by atoms with Gasteiger partial charge in [-0.3, -0.25) is 9.89 Å². The molecule has 0 aromatic heterocycles. The van der Waals surface area contributed by atoms with Gasteiger partial charge < -0.3 is 20.1 Å². The van der Waals surface area contributed by atoms with E-state index in [4.69, 9.17) is 9.47 Å². The highest BCUT2D eigenvalue weighted by atomic mass is 127. The van der Waals surface area contributed by atoms with Crippen LogP contribution in [0.4, 0.5) is 0 Å². The molecule has 7 heteroatoms. The molecule has 0 saturated carbocycles. The summed E-state index contributed by atoms with van der Waals surface area (Å²) in [6.07, 6.45) is 0.878. The Bertz CT molecular complexity index is 586. The van der Waals surface area contributed by atoms with Gasteiger partial charge in [-0.2, -0.15) is 0 Å².